The molecule has 0 amide bonds. The van der Waals surface area contributed by atoms with Crippen LogP contribution in [0.25, 0.3) is 0 Å². The van der Waals surface area contributed by atoms with E-state index in [4.69, 9.17) is 10.5 Å². The third kappa shape index (κ3) is 2.67. The second-order valence-corrected chi connectivity index (χ2v) is 4.32. The van der Waals surface area contributed by atoms with Crippen LogP contribution in [0.3, 0.4) is 0 Å². The van der Waals surface area contributed by atoms with Crippen molar-refractivity contribution in [3.05, 3.63) is 28.3 Å². The summed E-state index contributed by atoms with van der Waals surface area (Å²) in [6, 6.07) is 4.69. The van der Waals surface area contributed by atoms with Gasteiger partial charge in [-0.05, 0) is 31.7 Å². The van der Waals surface area contributed by atoms with E-state index in [2.05, 4.69) is 0 Å². The summed E-state index contributed by atoms with van der Waals surface area (Å²) in [5.74, 6) is 0.436. The second kappa shape index (κ2) is 5.03. The van der Waals surface area contributed by atoms with E-state index in [0.717, 1.165) is 25.7 Å². The van der Waals surface area contributed by atoms with Gasteiger partial charge in [0.2, 0.25) is 0 Å². The highest BCUT2D eigenvalue weighted by Gasteiger charge is 2.20. The monoisotopic (exact) mass is 236 g/mol. The third-order valence-corrected chi connectivity index (χ3v) is 3.09. The molecule has 5 nitrogen and oxygen atoms in total. The summed E-state index contributed by atoms with van der Waals surface area (Å²) in [7, 11) is 0. The highest BCUT2D eigenvalue weighted by Crippen LogP contribution is 2.33. The molecule has 17 heavy (non-hydrogen) atoms. The number of nitro groups is 1. The molecule has 0 aromatic heterocycles. The van der Waals surface area contributed by atoms with Crippen LogP contribution in [-0.4, -0.2) is 11.0 Å². The molecule has 92 valence electrons. The van der Waals surface area contributed by atoms with E-state index in [0.29, 0.717) is 5.75 Å². The van der Waals surface area contributed by atoms with E-state index in [-0.39, 0.29) is 17.5 Å². The molecule has 1 saturated carbocycles. The van der Waals surface area contributed by atoms with Crippen molar-refractivity contribution >= 4 is 11.4 Å². The van der Waals surface area contributed by atoms with Crippen molar-refractivity contribution in [1.82, 2.24) is 0 Å². The molecule has 1 aliphatic rings. The molecule has 0 saturated heterocycles. The maximum Gasteiger partial charge on any atom is 0.295 e. The normalized spacial score (nSPS) is 16.7. The van der Waals surface area contributed by atoms with Crippen molar-refractivity contribution in [3.63, 3.8) is 0 Å². The highest BCUT2D eigenvalue weighted by molar-refractivity contribution is 5.66. The first-order chi connectivity index (χ1) is 8.18. The van der Waals surface area contributed by atoms with Crippen molar-refractivity contribution in [2.45, 2.75) is 38.2 Å². The van der Waals surface area contributed by atoms with Gasteiger partial charge in [-0.3, -0.25) is 10.1 Å². The first-order valence-electron chi connectivity index (χ1n) is 5.88. The summed E-state index contributed by atoms with van der Waals surface area (Å²) in [6.07, 6.45) is 5.70. The van der Waals surface area contributed by atoms with Gasteiger partial charge in [0.1, 0.15) is 5.75 Å². The summed E-state index contributed by atoms with van der Waals surface area (Å²) in [4.78, 5) is 10.3. The number of hydrogen-bond acceptors (Lipinski definition) is 4. The van der Waals surface area contributed by atoms with E-state index in [9.17, 15) is 10.1 Å². The van der Waals surface area contributed by atoms with Crippen molar-refractivity contribution in [2.75, 3.05) is 5.73 Å². The lowest BCUT2D eigenvalue weighted by molar-refractivity contribution is -0.384. The molecule has 0 heterocycles. The van der Waals surface area contributed by atoms with Crippen LogP contribution >= 0.6 is 0 Å². The van der Waals surface area contributed by atoms with Crippen LogP contribution in [0, 0.1) is 10.1 Å². The molecule has 0 bridgehead atoms. The SMILES string of the molecule is Nc1c(OC2CCCCC2)cccc1[N+](=O)[O-]. The van der Waals surface area contributed by atoms with Gasteiger partial charge in [-0.1, -0.05) is 12.5 Å². The maximum atomic E-state index is 10.7. The molecule has 2 rings (SSSR count). The lowest BCUT2D eigenvalue weighted by Crippen LogP contribution is -2.20. The fraction of sp³-hybridized carbons (Fsp3) is 0.500. The number of ether oxygens (including phenoxy) is 1. The topological polar surface area (TPSA) is 78.4 Å². The molecule has 0 atom stereocenters. The lowest BCUT2D eigenvalue weighted by Gasteiger charge is -2.23. The van der Waals surface area contributed by atoms with Crippen LogP contribution in [0.5, 0.6) is 5.75 Å². The largest absolute Gasteiger partial charge is 0.488 e. The van der Waals surface area contributed by atoms with E-state index in [1.54, 1.807) is 12.1 Å². The molecular formula is C12H16N2O3. The van der Waals surface area contributed by atoms with Gasteiger partial charge >= 0.3 is 0 Å². The van der Waals surface area contributed by atoms with Crippen molar-refractivity contribution in [1.29, 1.82) is 0 Å². The van der Waals surface area contributed by atoms with Crippen molar-refractivity contribution in [2.24, 2.45) is 0 Å². The Bertz CT molecular complexity index is 414. The molecule has 0 aliphatic heterocycles. The number of nitrogens with two attached hydrogens (primary N) is 1. The lowest BCUT2D eigenvalue weighted by atomic mass is 9.98. The molecule has 0 radical (unpaired) electrons. The molecule has 5 heteroatoms. The Labute approximate surface area is 99.7 Å². The van der Waals surface area contributed by atoms with Crippen LogP contribution in [0.1, 0.15) is 32.1 Å². The molecule has 0 unspecified atom stereocenters. The Hall–Kier alpha value is -1.78. The maximum absolute atomic E-state index is 10.7. The van der Waals surface area contributed by atoms with Gasteiger partial charge < -0.3 is 10.5 Å². The quantitative estimate of drug-likeness (QED) is 0.497. The standard InChI is InChI=1S/C12H16N2O3/c13-12-10(14(15)16)7-4-8-11(12)17-9-5-2-1-3-6-9/h4,7-9H,1-3,5-6,13H2. The van der Waals surface area contributed by atoms with Crippen LogP contribution in [-0.2, 0) is 0 Å². The van der Waals surface area contributed by atoms with E-state index in [1.165, 1.54) is 12.5 Å². The van der Waals surface area contributed by atoms with Gasteiger partial charge in [-0.25, -0.2) is 0 Å². The van der Waals surface area contributed by atoms with Gasteiger partial charge in [0.05, 0.1) is 11.0 Å². The van der Waals surface area contributed by atoms with Crippen LogP contribution in [0.15, 0.2) is 18.2 Å². The molecule has 0 spiro atoms. The fourth-order valence-corrected chi connectivity index (χ4v) is 2.16. The number of nitrogen functional groups attached to an aromatic ring is 1. The number of benzene rings is 1. The number of anilines is 1. The predicted molar refractivity (Wildman–Crippen MR) is 65.0 cm³/mol. The third-order valence-electron chi connectivity index (χ3n) is 3.09. The van der Waals surface area contributed by atoms with Gasteiger partial charge in [0.25, 0.3) is 5.69 Å². The summed E-state index contributed by atoms with van der Waals surface area (Å²) < 4.78 is 5.75. The van der Waals surface area contributed by atoms with Gasteiger partial charge in [0.15, 0.2) is 5.69 Å². The van der Waals surface area contributed by atoms with Gasteiger partial charge in [-0.15, -0.1) is 0 Å². The van der Waals surface area contributed by atoms with E-state index >= 15 is 0 Å². The fourth-order valence-electron chi connectivity index (χ4n) is 2.16. The Morgan fingerprint density at radius 3 is 2.65 bits per heavy atom. The first kappa shape index (κ1) is 11.7. The van der Waals surface area contributed by atoms with Gasteiger partial charge in [0, 0.05) is 6.07 Å². The molecule has 2 N–H and O–H groups in total. The van der Waals surface area contributed by atoms with E-state index in [1.807, 2.05) is 0 Å². The zero-order chi connectivity index (χ0) is 12.3. The van der Waals surface area contributed by atoms with Crippen LogP contribution in [0.2, 0.25) is 0 Å². The summed E-state index contributed by atoms with van der Waals surface area (Å²) in [5.41, 5.74) is 5.78. The first-order valence-corrected chi connectivity index (χ1v) is 5.88. The van der Waals surface area contributed by atoms with Crippen LogP contribution < -0.4 is 10.5 Å². The summed E-state index contributed by atoms with van der Waals surface area (Å²) >= 11 is 0. The number of rotatable bonds is 3. The number of para-hydroxylation sites is 1. The minimum absolute atomic E-state index is 0.0849. The molecule has 1 aromatic rings. The highest BCUT2D eigenvalue weighted by atomic mass is 16.6. The minimum atomic E-state index is -0.483. The zero-order valence-corrected chi connectivity index (χ0v) is 9.59. The molecular weight excluding hydrogens is 220 g/mol. The Balaban J connectivity index is 2.15. The van der Waals surface area contributed by atoms with E-state index < -0.39 is 4.92 Å². The summed E-state index contributed by atoms with van der Waals surface area (Å²) in [6.45, 7) is 0. The molecule has 1 fully saturated rings. The van der Waals surface area contributed by atoms with Gasteiger partial charge in [-0.2, -0.15) is 0 Å². The Morgan fingerprint density at radius 2 is 2.00 bits per heavy atom. The average molecular weight is 236 g/mol. The van der Waals surface area contributed by atoms with Crippen LogP contribution in [0.4, 0.5) is 11.4 Å². The zero-order valence-electron chi connectivity index (χ0n) is 9.59. The number of hydrogen-bond donors (Lipinski definition) is 1. The number of nitrogens with zero attached hydrogens (tertiary/aromatic N) is 1. The minimum Gasteiger partial charge on any atom is -0.488 e. The average Bonchev–Trinajstić information content (AvgIpc) is 2.33. The van der Waals surface area contributed by atoms with Crippen molar-refractivity contribution in [3.8, 4) is 5.75 Å². The smallest absolute Gasteiger partial charge is 0.295 e. The number of nitro benzene ring substituents is 1. The van der Waals surface area contributed by atoms with Crippen molar-refractivity contribution < 1.29 is 9.66 Å². The molecule has 1 aromatic carbocycles. The Morgan fingerprint density at radius 1 is 1.29 bits per heavy atom. The Kier molecular flexibility index (Phi) is 3.46. The molecule has 1 aliphatic carbocycles. The second-order valence-electron chi connectivity index (χ2n) is 4.32. The predicted octanol–water partition coefficient (Wildman–Crippen LogP) is 2.89. The summed E-state index contributed by atoms with van der Waals surface area (Å²) in [5, 5.41) is 10.7.